The Morgan fingerprint density at radius 2 is 2.04 bits per heavy atom. The van der Waals surface area contributed by atoms with E-state index in [1.54, 1.807) is 24.3 Å². The number of ether oxygens (including phenoxy) is 1. The number of aromatic nitrogens is 2. The Bertz CT molecular complexity index is 907. The van der Waals surface area contributed by atoms with Crippen molar-refractivity contribution in [2.75, 3.05) is 20.2 Å². The molecular formula is C20H19N3O3. The summed E-state index contributed by atoms with van der Waals surface area (Å²) in [4.78, 5) is 18.8. The lowest BCUT2D eigenvalue weighted by molar-refractivity contribution is 0.0749. The van der Waals surface area contributed by atoms with Crippen LogP contribution in [-0.2, 0) is 0 Å². The Kier molecular flexibility index (Phi) is 4.39. The first-order valence-electron chi connectivity index (χ1n) is 8.56. The minimum absolute atomic E-state index is 0.142. The maximum atomic E-state index is 12.8. The van der Waals surface area contributed by atoms with Crippen molar-refractivity contribution in [3.05, 3.63) is 66.1 Å². The zero-order valence-corrected chi connectivity index (χ0v) is 14.5. The number of hydrogen-bond acceptors (Lipinski definition) is 5. The summed E-state index contributed by atoms with van der Waals surface area (Å²) in [5.74, 6) is 1.22. The normalized spacial score (nSPS) is 16.7. The third-order valence-corrected chi connectivity index (χ3v) is 4.70. The van der Waals surface area contributed by atoms with Crippen molar-refractivity contribution < 1.29 is 14.1 Å². The van der Waals surface area contributed by atoms with E-state index < -0.39 is 0 Å². The smallest absolute Gasteiger partial charge is 0.292 e. The Morgan fingerprint density at radius 1 is 1.19 bits per heavy atom. The highest BCUT2D eigenvalue weighted by atomic mass is 16.5. The van der Waals surface area contributed by atoms with Crippen molar-refractivity contribution >= 4 is 5.91 Å². The number of pyridine rings is 1. The number of methoxy groups -OCH3 is 1. The van der Waals surface area contributed by atoms with Crippen molar-refractivity contribution in [2.24, 2.45) is 0 Å². The number of rotatable bonds is 4. The average Bonchev–Trinajstić information content (AvgIpc) is 3.38. The van der Waals surface area contributed by atoms with Gasteiger partial charge in [-0.25, -0.2) is 0 Å². The molecule has 1 saturated heterocycles. The van der Waals surface area contributed by atoms with Gasteiger partial charge in [0.1, 0.15) is 11.4 Å². The molecule has 4 rings (SSSR count). The number of hydrogen-bond donors (Lipinski definition) is 0. The van der Waals surface area contributed by atoms with Crippen LogP contribution in [0.5, 0.6) is 5.75 Å². The number of carbonyl (C=O) groups is 1. The lowest BCUT2D eigenvalue weighted by Crippen LogP contribution is -2.28. The van der Waals surface area contributed by atoms with E-state index in [4.69, 9.17) is 9.26 Å². The van der Waals surface area contributed by atoms with Crippen molar-refractivity contribution in [1.82, 2.24) is 15.0 Å². The summed E-state index contributed by atoms with van der Waals surface area (Å²) >= 11 is 0. The van der Waals surface area contributed by atoms with Gasteiger partial charge in [0, 0.05) is 31.3 Å². The molecule has 0 N–H and O–H groups in total. The van der Waals surface area contributed by atoms with Gasteiger partial charge in [0.2, 0.25) is 5.76 Å². The van der Waals surface area contributed by atoms with Gasteiger partial charge in [-0.05, 0) is 30.2 Å². The third kappa shape index (κ3) is 3.06. The maximum absolute atomic E-state index is 12.8. The van der Waals surface area contributed by atoms with Crippen LogP contribution in [0.3, 0.4) is 0 Å². The van der Waals surface area contributed by atoms with Crippen molar-refractivity contribution in [3.8, 4) is 17.1 Å². The molecule has 26 heavy (non-hydrogen) atoms. The Labute approximate surface area is 151 Å². The molecule has 1 aliphatic heterocycles. The standard InChI is InChI=1S/C20H19N3O3/c1-25-18-8-3-2-6-15(18)14-9-11-23(13-14)20(24)19-12-17(22-26-19)16-7-4-5-10-21-16/h2-8,10,12,14H,9,11,13H2,1H3. The molecule has 3 heterocycles. The van der Waals surface area contributed by atoms with Gasteiger partial charge >= 0.3 is 0 Å². The lowest BCUT2D eigenvalue weighted by atomic mass is 9.97. The first-order chi connectivity index (χ1) is 12.8. The molecule has 0 saturated carbocycles. The summed E-state index contributed by atoms with van der Waals surface area (Å²) < 4.78 is 10.7. The molecule has 0 radical (unpaired) electrons. The largest absolute Gasteiger partial charge is 0.496 e. The fraction of sp³-hybridized carbons (Fsp3) is 0.250. The van der Waals surface area contributed by atoms with Crippen LogP contribution in [0.2, 0.25) is 0 Å². The van der Waals surface area contributed by atoms with Crippen molar-refractivity contribution in [2.45, 2.75) is 12.3 Å². The number of benzene rings is 1. The minimum Gasteiger partial charge on any atom is -0.496 e. The topological polar surface area (TPSA) is 68.5 Å². The molecule has 1 amide bonds. The molecule has 1 atom stereocenters. The molecule has 132 valence electrons. The second-order valence-corrected chi connectivity index (χ2v) is 6.27. The third-order valence-electron chi connectivity index (χ3n) is 4.70. The monoisotopic (exact) mass is 349 g/mol. The van der Waals surface area contributed by atoms with Crippen LogP contribution >= 0.6 is 0 Å². The zero-order valence-electron chi connectivity index (χ0n) is 14.5. The van der Waals surface area contributed by atoms with E-state index in [0.29, 0.717) is 24.5 Å². The molecule has 2 aromatic heterocycles. The van der Waals surface area contributed by atoms with Gasteiger partial charge in [0.25, 0.3) is 5.91 Å². The number of carbonyl (C=O) groups excluding carboxylic acids is 1. The second-order valence-electron chi connectivity index (χ2n) is 6.27. The zero-order chi connectivity index (χ0) is 17.9. The molecule has 6 nitrogen and oxygen atoms in total. The summed E-state index contributed by atoms with van der Waals surface area (Å²) in [6.45, 7) is 1.32. The Balaban J connectivity index is 1.49. The molecular weight excluding hydrogens is 330 g/mol. The maximum Gasteiger partial charge on any atom is 0.292 e. The molecule has 1 aliphatic rings. The van der Waals surface area contributed by atoms with Crippen LogP contribution in [0, 0.1) is 0 Å². The van der Waals surface area contributed by atoms with Crippen LogP contribution in [-0.4, -0.2) is 41.1 Å². The molecule has 0 aliphatic carbocycles. The fourth-order valence-electron chi connectivity index (χ4n) is 3.37. The highest BCUT2D eigenvalue weighted by Crippen LogP contribution is 2.34. The summed E-state index contributed by atoms with van der Waals surface area (Å²) in [5, 5.41) is 3.98. The highest BCUT2D eigenvalue weighted by molar-refractivity contribution is 5.92. The van der Waals surface area contributed by atoms with E-state index in [0.717, 1.165) is 17.7 Å². The molecule has 3 aromatic rings. The Morgan fingerprint density at radius 3 is 2.85 bits per heavy atom. The van der Waals surface area contributed by atoms with Gasteiger partial charge < -0.3 is 14.2 Å². The number of para-hydroxylation sites is 1. The summed E-state index contributed by atoms with van der Waals surface area (Å²) in [6.07, 6.45) is 2.58. The average molecular weight is 349 g/mol. The van der Waals surface area contributed by atoms with E-state index >= 15 is 0 Å². The van der Waals surface area contributed by atoms with E-state index in [1.165, 1.54) is 0 Å². The van der Waals surface area contributed by atoms with Gasteiger partial charge in [0.05, 0.1) is 12.8 Å². The predicted molar refractivity (Wildman–Crippen MR) is 96.0 cm³/mol. The quantitative estimate of drug-likeness (QED) is 0.722. The highest BCUT2D eigenvalue weighted by Gasteiger charge is 2.31. The van der Waals surface area contributed by atoms with Crippen LogP contribution < -0.4 is 4.74 Å². The van der Waals surface area contributed by atoms with Crippen LogP contribution in [0.15, 0.2) is 59.3 Å². The van der Waals surface area contributed by atoms with E-state index in [9.17, 15) is 4.79 Å². The van der Waals surface area contributed by atoms with Crippen LogP contribution in [0.4, 0.5) is 0 Å². The van der Waals surface area contributed by atoms with Gasteiger partial charge in [-0.15, -0.1) is 0 Å². The van der Waals surface area contributed by atoms with Crippen molar-refractivity contribution in [3.63, 3.8) is 0 Å². The summed E-state index contributed by atoms with van der Waals surface area (Å²) in [7, 11) is 1.67. The number of amides is 1. The van der Waals surface area contributed by atoms with Gasteiger partial charge in [-0.1, -0.05) is 29.4 Å². The predicted octanol–water partition coefficient (Wildman–Crippen LogP) is 3.37. The SMILES string of the molecule is COc1ccccc1C1CCN(C(=O)c2cc(-c3ccccn3)no2)C1. The van der Waals surface area contributed by atoms with Gasteiger partial charge in [0.15, 0.2) is 0 Å². The molecule has 0 spiro atoms. The lowest BCUT2D eigenvalue weighted by Gasteiger charge is -2.16. The van der Waals surface area contributed by atoms with E-state index in [1.807, 2.05) is 36.4 Å². The molecule has 0 bridgehead atoms. The fourth-order valence-corrected chi connectivity index (χ4v) is 3.37. The number of nitrogens with zero attached hydrogens (tertiary/aromatic N) is 3. The van der Waals surface area contributed by atoms with E-state index in [-0.39, 0.29) is 17.6 Å². The van der Waals surface area contributed by atoms with Crippen LogP contribution in [0.25, 0.3) is 11.4 Å². The molecule has 1 fully saturated rings. The summed E-state index contributed by atoms with van der Waals surface area (Å²) in [5.41, 5.74) is 2.38. The Hall–Kier alpha value is -3.15. The molecule has 1 aromatic carbocycles. The van der Waals surface area contributed by atoms with Crippen LogP contribution in [0.1, 0.15) is 28.5 Å². The van der Waals surface area contributed by atoms with Gasteiger partial charge in [-0.3, -0.25) is 9.78 Å². The summed E-state index contributed by atoms with van der Waals surface area (Å²) in [6, 6.07) is 15.2. The second kappa shape index (κ2) is 7.00. The number of likely N-dealkylation sites (tertiary alicyclic amines) is 1. The minimum atomic E-state index is -0.142. The molecule has 6 heteroatoms. The van der Waals surface area contributed by atoms with Gasteiger partial charge in [-0.2, -0.15) is 0 Å². The van der Waals surface area contributed by atoms with E-state index in [2.05, 4.69) is 16.2 Å². The van der Waals surface area contributed by atoms with Crippen molar-refractivity contribution in [1.29, 1.82) is 0 Å². The first kappa shape index (κ1) is 16.3. The molecule has 1 unspecified atom stereocenters. The first-order valence-corrected chi connectivity index (χ1v) is 8.56.